The largest absolute Gasteiger partial charge is 0.366 e. The van der Waals surface area contributed by atoms with E-state index in [9.17, 15) is 4.79 Å². The highest BCUT2D eigenvalue weighted by molar-refractivity contribution is 6.33. The van der Waals surface area contributed by atoms with Crippen molar-refractivity contribution in [2.24, 2.45) is 7.05 Å². The number of aromatic nitrogens is 3. The van der Waals surface area contributed by atoms with Crippen molar-refractivity contribution in [3.05, 3.63) is 51.7 Å². The summed E-state index contributed by atoms with van der Waals surface area (Å²) in [6, 6.07) is 5.08. The number of hydrogen-bond donors (Lipinski definition) is 0. The molecule has 6 nitrogen and oxygen atoms in total. The van der Waals surface area contributed by atoms with Crippen LogP contribution in [0.3, 0.4) is 0 Å². The van der Waals surface area contributed by atoms with Crippen LogP contribution in [0.2, 0.25) is 5.02 Å². The number of piperidine rings is 1. The second kappa shape index (κ2) is 5.62. The molecule has 0 aromatic carbocycles. The molecule has 3 aliphatic rings. The first-order valence-electron chi connectivity index (χ1n) is 7.75. The molecule has 5 heterocycles. The van der Waals surface area contributed by atoms with Gasteiger partial charge in [-0.15, -0.1) is 0 Å². The molecule has 0 radical (unpaired) electrons. The van der Waals surface area contributed by atoms with Crippen LogP contribution < -0.4 is 10.5 Å². The van der Waals surface area contributed by atoms with Crippen molar-refractivity contribution in [1.82, 2.24) is 19.7 Å². The van der Waals surface area contributed by atoms with Gasteiger partial charge in [0.1, 0.15) is 5.02 Å². The highest BCUT2D eigenvalue weighted by Gasteiger charge is 2.44. The second-order valence-electron chi connectivity index (χ2n) is 6.25. The fourth-order valence-electron chi connectivity index (χ4n) is 3.57. The lowest BCUT2D eigenvalue weighted by Gasteiger charge is -2.57. The van der Waals surface area contributed by atoms with Crippen LogP contribution in [-0.4, -0.2) is 44.8 Å². The van der Waals surface area contributed by atoms with Crippen molar-refractivity contribution in [3.8, 4) is 0 Å². The molecule has 0 N–H and O–H groups in total. The molecule has 23 heavy (non-hydrogen) atoms. The molecule has 3 saturated heterocycles. The Hall–Kier alpha value is -1.92. The zero-order valence-corrected chi connectivity index (χ0v) is 13.6. The van der Waals surface area contributed by atoms with E-state index in [1.54, 1.807) is 19.4 Å². The van der Waals surface area contributed by atoms with Crippen molar-refractivity contribution in [2.45, 2.75) is 25.0 Å². The van der Waals surface area contributed by atoms with Gasteiger partial charge in [0.25, 0.3) is 5.56 Å². The summed E-state index contributed by atoms with van der Waals surface area (Å²) >= 11 is 6.22. The Bertz CT molecular complexity index is 766. The van der Waals surface area contributed by atoms with Gasteiger partial charge in [-0.25, -0.2) is 4.68 Å². The van der Waals surface area contributed by atoms with Crippen molar-refractivity contribution < 1.29 is 0 Å². The monoisotopic (exact) mass is 331 g/mol. The highest BCUT2D eigenvalue weighted by Crippen LogP contribution is 2.36. The Balaban J connectivity index is 1.49. The average Bonchev–Trinajstić information content (AvgIpc) is 2.58. The summed E-state index contributed by atoms with van der Waals surface area (Å²) in [5.74, 6) is 0. The second-order valence-corrected chi connectivity index (χ2v) is 6.63. The number of rotatable bonds is 3. The third-order valence-corrected chi connectivity index (χ3v) is 5.19. The lowest BCUT2D eigenvalue weighted by Crippen LogP contribution is -2.68. The van der Waals surface area contributed by atoms with Gasteiger partial charge in [-0.3, -0.25) is 14.7 Å². The Kier molecular flexibility index (Phi) is 3.58. The molecular formula is C16H18ClN5O. The third-order valence-electron chi connectivity index (χ3n) is 4.83. The lowest BCUT2D eigenvalue weighted by molar-refractivity contribution is -0.00853. The fraction of sp³-hybridized carbons (Fsp3) is 0.438. The minimum absolute atomic E-state index is 0.240. The quantitative estimate of drug-likeness (QED) is 0.848. The van der Waals surface area contributed by atoms with Gasteiger partial charge in [-0.05, 0) is 18.1 Å². The molecule has 2 unspecified atom stereocenters. The standard InChI is InChI=1S/C16H18ClN5O/c1-20-16(23)15(17)14(7-19-20)21-9-12-5-13(10-21)22(12)8-11-3-2-4-18-6-11/h2-4,6-7,12-13H,5,8-10H2,1H3. The molecule has 7 heteroatoms. The van der Waals surface area contributed by atoms with Crippen LogP contribution in [0.25, 0.3) is 0 Å². The van der Waals surface area contributed by atoms with E-state index in [0.717, 1.165) is 25.3 Å². The minimum atomic E-state index is -0.240. The number of halogens is 1. The fourth-order valence-corrected chi connectivity index (χ4v) is 3.86. The molecule has 0 spiro atoms. The molecule has 2 aromatic rings. The molecule has 2 atom stereocenters. The van der Waals surface area contributed by atoms with Gasteiger partial charge in [0, 0.05) is 51.2 Å². The number of pyridine rings is 1. The van der Waals surface area contributed by atoms with Gasteiger partial charge in [0.2, 0.25) is 0 Å². The number of fused-ring (bicyclic) bond motifs is 2. The molecule has 5 rings (SSSR count). The van der Waals surface area contributed by atoms with E-state index in [1.807, 2.05) is 12.3 Å². The summed E-state index contributed by atoms with van der Waals surface area (Å²) < 4.78 is 1.27. The molecule has 0 aliphatic carbocycles. The van der Waals surface area contributed by atoms with Gasteiger partial charge in [0.15, 0.2) is 0 Å². The van der Waals surface area contributed by atoms with Crippen molar-refractivity contribution in [3.63, 3.8) is 0 Å². The number of hydrogen-bond acceptors (Lipinski definition) is 5. The molecule has 120 valence electrons. The molecule has 3 aliphatic heterocycles. The normalized spacial score (nSPS) is 23.7. The summed E-state index contributed by atoms with van der Waals surface area (Å²) in [5, 5.41) is 4.36. The van der Waals surface area contributed by atoms with Gasteiger partial charge in [-0.2, -0.15) is 5.10 Å². The first-order chi connectivity index (χ1) is 11.1. The average molecular weight is 332 g/mol. The van der Waals surface area contributed by atoms with Gasteiger partial charge < -0.3 is 4.90 Å². The molecule has 0 saturated carbocycles. The van der Waals surface area contributed by atoms with Crippen LogP contribution in [0.5, 0.6) is 0 Å². The summed E-state index contributed by atoms with van der Waals surface area (Å²) in [6.07, 6.45) is 6.62. The molecule has 3 fully saturated rings. The molecular weight excluding hydrogens is 314 g/mol. The summed E-state index contributed by atoms with van der Waals surface area (Å²) in [4.78, 5) is 20.8. The highest BCUT2D eigenvalue weighted by atomic mass is 35.5. The third kappa shape index (κ3) is 2.52. The predicted octanol–water partition coefficient (Wildman–Crippen LogP) is 1.29. The minimum Gasteiger partial charge on any atom is -0.366 e. The maximum Gasteiger partial charge on any atom is 0.287 e. The maximum absolute atomic E-state index is 12.0. The smallest absolute Gasteiger partial charge is 0.287 e. The van der Waals surface area contributed by atoms with Crippen LogP contribution in [-0.2, 0) is 13.6 Å². The van der Waals surface area contributed by atoms with E-state index in [1.165, 1.54) is 16.7 Å². The molecule has 2 aromatic heterocycles. The Labute approximate surface area is 139 Å². The van der Waals surface area contributed by atoms with Crippen LogP contribution in [0.4, 0.5) is 5.69 Å². The van der Waals surface area contributed by atoms with E-state index in [4.69, 9.17) is 11.6 Å². The first-order valence-corrected chi connectivity index (χ1v) is 8.12. The summed E-state index contributed by atoms with van der Waals surface area (Å²) in [7, 11) is 1.61. The van der Waals surface area contributed by atoms with Gasteiger partial charge >= 0.3 is 0 Å². The Morgan fingerprint density at radius 1 is 1.30 bits per heavy atom. The maximum atomic E-state index is 12.0. The van der Waals surface area contributed by atoms with Crippen LogP contribution in [0.1, 0.15) is 12.0 Å². The van der Waals surface area contributed by atoms with Crippen molar-refractivity contribution >= 4 is 17.3 Å². The summed E-state index contributed by atoms with van der Waals surface area (Å²) in [5.41, 5.74) is 1.75. The van der Waals surface area contributed by atoms with Crippen LogP contribution in [0.15, 0.2) is 35.5 Å². The van der Waals surface area contributed by atoms with Crippen LogP contribution in [0, 0.1) is 0 Å². The predicted molar refractivity (Wildman–Crippen MR) is 88.7 cm³/mol. The first kappa shape index (κ1) is 14.7. The zero-order valence-electron chi connectivity index (χ0n) is 12.9. The number of piperazine rings is 1. The zero-order chi connectivity index (χ0) is 16.0. The van der Waals surface area contributed by atoms with Crippen LogP contribution >= 0.6 is 11.6 Å². The lowest BCUT2D eigenvalue weighted by atomic mass is 9.86. The number of aryl methyl sites for hydroxylation is 1. The summed E-state index contributed by atoms with van der Waals surface area (Å²) in [6.45, 7) is 2.69. The van der Waals surface area contributed by atoms with Gasteiger partial charge in [-0.1, -0.05) is 17.7 Å². The van der Waals surface area contributed by atoms with E-state index in [-0.39, 0.29) is 10.6 Å². The number of anilines is 1. The number of nitrogens with zero attached hydrogens (tertiary/aromatic N) is 5. The molecule has 2 bridgehead atoms. The molecule has 0 amide bonds. The van der Waals surface area contributed by atoms with E-state index in [0.29, 0.717) is 12.1 Å². The SMILES string of the molecule is Cn1ncc(N2CC3CC(C2)N3Cc2cccnc2)c(Cl)c1=O. The Morgan fingerprint density at radius 3 is 2.78 bits per heavy atom. The van der Waals surface area contributed by atoms with Gasteiger partial charge in [0.05, 0.1) is 11.9 Å². The van der Waals surface area contributed by atoms with E-state index in [2.05, 4.69) is 25.9 Å². The van der Waals surface area contributed by atoms with Crippen molar-refractivity contribution in [2.75, 3.05) is 18.0 Å². The topological polar surface area (TPSA) is 54.3 Å². The Morgan fingerprint density at radius 2 is 2.09 bits per heavy atom. The van der Waals surface area contributed by atoms with Crippen molar-refractivity contribution in [1.29, 1.82) is 0 Å². The van der Waals surface area contributed by atoms with E-state index >= 15 is 0 Å². The van der Waals surface area contributed by atoms with E-state index < -0.39 is 0 Å².